The molecule has 3 heteroatoms. The molecule has 0 aromatic heterocycles. The normalized spacial score (nSPS) is 31.0. The lowest BCUT2D eigenvalue weighted by molar-refractivity contribution is 0.0706. The Morgan fingerprint density at radius 3 is 2.61 bits per heavy atom. The van der Waals surface area contributed by atoms with Gasteiger partial charge in [-0.15, -0.1) is 0 Å². The molecule has 106 valence electrons. The molecule has 0 bridgehead atoms. The number of ether oxygens (including phenoxy) is 1. The van der Waals surface area contributed by atoms with Crippen molar-refractivity contribution in [2.45, 2.75) is 58.1 Å². The molecule has 1 N–H and O–H groups in total. The molecule has 0 aliphatic carbocycles. The Bertz CT molecular complexity index is 227. The molecule has 2 unspecified atom stereocenters. The maximum absolute atomic E-state index is 5.79. The number of hydrogen-bond acceptors (Lipinski definition) is 3. The quantitative estimate of drug-likeness (QED) is 0.787. The molecule has 2 saturated heterocycles. The Balaban J connectivity index is 1.67. The lowest BCUT2D eigenvalue weighted by atomic mass is 9.97. The SMILES string of the molecule is CCCNC1CCN(CC2CCOC2CC)CC1. The third kappa shape index (κ3) is 3.94. The number of nitrogens with one attached hydrogen (secondary N) is 1. The fraction of sp³-hybridized carbons (Fsp3) is 1.00. The smallest absolute Gasteiger partial charge is 0.0613 e. The van der Waals surface area contributed by atoms with Gasteiger partial charge in [0.15, 0.2) is 0 Å². The predicted molar refractivity (Wildman–Crippen MR) is 75.9 cm³/mol. The fourth-order valence-electron chi connectivity index (χ4n) is 3.35. The van der Waals surface area contributed by atoms with E-state index < -0.39 is 0 Å². The van der Waals surface area contributed by atoms with Gasteiger partial charge in [0.05, 0.1) is 6.10 Å². The first-order valence-electron chi connectivity index (χ1n) is 7.90. The molecular weight excluding hydrogens is 224 g/mol. The minimum absolute atomic E-state index is 0.529. The van der Waals surface area contributed by atoms with Crippen LogP contribution in [0.5, 0.6) is 0 Å². The molecule has 0 radical (unpaired) electrons. The van der Waals surface area contributed by atoms with Crippen molar-refractivity contribution < 1.29 is 4.74 Å². The molecule has 0 spiro atoms. The van der Waals surface area contributed by atoms with Gasteiger partial charge in [0.25, 0.3) is 0 Å². The van der Waals surface area contributed by atoms with Crippen molar-refractivity contribution in [3.8, 4) is 0 Å². The van der Waals surface area contributed by atoms with Crippen LogP contribution in [0.25, 0.3) is 0 Å². The van der Waals surface area contributed by atoms with Gasteiger partial charge in [-0.2, -0.15) is 0 Å². The highest BCUT2D eigenvalue weighted by Gasteiger charge is 2.29. The van der Waals surface area contributed by atoms with Gasteiger partial charge in [-0.25, -0.2) is 0 Å². The Kier molecular flexibility index (Phi) is 5.93. The number of hydrogen-bond donors (Lipinski definition) is 1. The van der Waals surface area contributed by atoms with Crippen molar-refractivity contribution in [1.82, 2.24) is 10.2 Å². The highest BCUT2D eigenvalue weighted by Crippen LogP contribution is 2.25. The maximum atomic E-state index is 5.79. The van der Waals surface area contributed by atoms with Gasteiger partial charge in [-0.05, 0) is 57.7 Å². The van der Waals surface area contributed by atoms with Crippen LogP contribution in [0.4, 0.5) is 0 Å². The van der Waals surface area contributed by atoms with Gasteiger partial charge in [-0.3, -0.25) is 0 Å². The van der Waals surface area contributed by atoms with Gasteiger partial charge in [0, 0.05) is 19.2 Å². The average Bonchev–Trinajstić information content (AvgIpc) is 2.85. The summed E-state index contributed by atoms with van der Waals surface area (Å²) in [5.74, 6) is 0.787. The summed E-state index contributed by atoms with van der Waals surface area (Å²) in [7, 11) is 0. The molecule has 2 rings (SSSR count). The minimum Gasteiger partial charge on any atom is -0.378 e. The number of likely N-dealkylation sites (tertiary alicyclic amines) is 1. The molecule has 2 aliphatic rings. The second-order valence-corrected chi connectivity index (χ2v) is 5.90. The van der Waals surface area contributed by atoms with Gasteiger partial charge >= 0.3 is 0 Å². The second kappa shape index (κ2) is 7.46. The molecule has 0 aromatic rings. The van der Waals surface area contributed by atoms with Crippen LogP contribution >= 0.6 is 0 Å². The van der Waals surface area contributed by atoms with Crippen LogP contribution in [-0.2, 0) is 4.74 Å². The number of nitrogens with zero attached hydrogens (tertiary/aromatic N) is 1. The first kappa shape index (κ1) is 14.3. The van der Waals surface area contributed by atoms with Gasteiger partial charge < -0.3 is 15.0 Å². The number of piperidine rings is 1. The van der Waals surface area contributed by atoms with E-state index in [-0.39, 0.29) is 0 Å². The molecule has 2 atom stereocenters. The van der Waals surface area contributed by atoms with Crippen LogP contribution in [0.3, 0.4) is 0 Å². The Morgan fingerprint density at radius 2 is 1.94 bits per heavy atom. The third-order valence-corrected chi connectivity index (χ3v) is 4.51. The largest absolute Gasteiger partial charge is 0.378 e. The van der Waals surface area contributed by atoms with E-state index in [2.05, 4.69) is 24.1 Å². The standard InChI is InChI=1S/C15H30N2O/c1-3-8-16-14-5-9-17(10-6-14)12-13-7-11-18-15(13)4-2/h13-16H,3-12H2,1-2H3. The van der Waals surface area contributed by atoms with Crippen molar-refractivity contribution in [2.24, 2.45) is 5.92 Å². The van der Waals surface area contributed by atoms with E-state index >= 15 is 0 Å². The average molecular weight is 254 g/mol. The van der Waals surface area contributed by atoms with Crippen LogP contribution in [0.15, 0.2) is 0 Å². The maximum Gasteiger partial charge on any atom is 0.0613 e. The first-order chi connectivity index (χ1) is 8.83. The van der Waals surface area contributed by atoms with E-state index in [0.717, 1.165) is 18.6 Å². The van der Waals surface area contributed by atoms with E-state index in [1.54, 1.807) is 0 Å². The zero-order valence-electron chi connectivity index (χ0n) is 12.2. The lowest BCUT2D eigenvalue weighted by Crippen LogP contribution is -2.44. The van der Waals surface area contributed by atoms with Gasteiger partial charge in [-0.1, -0.05) is 13.8 Å². The summed E-state index contributed by atoms with van der Waals surface area (Å²) in [4.78, 5) is 2.66. The van der Waals surface area contributed by atoms with Crippen LogP contribution in [0, 0.1) is 5.92 Å². The molecule has 2 fully saturated rings. The summed E-state index contributed by atoms with van der Waals surface area (Å²) >= 11 is 0. The van der Waals surface area contributed by atoms with Crippen molar-refractivity contribution in [3.63, 3.8) is 0 Å². The van der Waals surface area contributed by atoms with Gasteiger partial charge in [0.2, 0.25) is 0 Å². The molecule has 0 amide bonds. The summed E-state index contributed by atoms with van der Waals surface area (Å²) in [6.45, 7) is 10.5. The van der Waals surface area contributed by atoms with Crippen LogP contribution in [-0.4, -0.2) is 49.8 Å². The Hall–Kier alpha value is -0.120. The van der Waals surface area contributed by atoms with Crippen molar-refractivity contribution in [3.05, 3.63) is 0 Å². The van der Waals surface area contributed by atoms with Crippen LogP contribution in [0.1, 0.15) is 46.0 Å². The van der Waals surface area contributed by atoms with E-state index in [1.165, 1.54) is 58.3 Å². The summed E-state index contributed by atoms with van der Waals surface area (Å²) in [6, 6.07) is 0.767. The van der Waals surface area contributed by atoms with Crippen molar-refractivity contribution in [2.75, 3.05) is 32.8 Å². The minimum atomic E-state index is 0.529. The summed E-state index contributed by atoms with van der Waals surface area (Å²) < 4.78 is 5.79. The first-order valence-corrected chi connectivity index (χ1v) is 7.90. The van der Waals surface area contributed by atoms with Crippen LogP contribution < -0.4 is 5.32 Å². The Morgan fingerprint density at radius 1 is 1.17 bits per heavy atom. The predicted octanol–water partition coefficient (Wildman–Crippen LogP) is 2.27. The van der Waals surface area contributed by atoms with E-state index in [0.29, 0.717) is 6.10 Å². The molecular formula is C15H30N2O. The van der Waals surface area contributed by atoms with E-state index in [4.69, 9.17) is 4.74 Å². The molecule has 0 aromatic carbocycles. The highest BCUT2D eigenvalue weighted by molar-refractivity contribution is 4.82. The fourth-order valence-corrected chi connectivity index (χ4v) is 3.35. The molecule has 2 heterocycles. The second-order valence-electron chi connectivity index (χ2n) is 5.90. The lowest BCUT2D eigenvalue weighted by Gasteiger charge is -2.34. The van der Waals surface area contributed by atoms with Crippen LogP contribution in [0.2, 0.25) is 0 Å². The zero-order valence-corrected chi connectivity index (χ0v) is 12.2. The highest BCUT2D eigenvalue weighted by atomic mass is 16.5. The van der Waals surface area contributed by atoms with E-state index in [9.17, 15) is 0 Å². The van der Waals surface area contributed by atoms with Crippen molar-refractivity contribution in [1.29, 1.82) is 0 Å². The summed E-state index contributed by atoms with van der Waals surface area (Å²) in [6.07, 6.45) is 6.87. The monoisotopic (exact) mass is 254 g/mol. The van der Waals surface area contributed by atoms with Crippen molar-refractivity contribution >= 4 is 0 Å². The number of rotatable bonds is 6. The molecule has 18 heavy (non-hydrogen) atoms. The summed E-state index contributed by atoms with van der Waals surface area (Å²) in [5, 5.41) is 3.65. The summed E-state index contributed by atoms with van der Waals surface area (Å²) in [5.41, 5.74) is 0. The van der Waals surface area contributed by atoms with E-state index in [1.807, 2.05) is 0 Å². The Labute approximate surface area is 112 Å². The third-order valence-electron chi connectivity index (χ3n) is 4.51. The van der Waals surface area contributed by atoms with Gasteiger partial charge in [0.1, 0.15) is 0 Å². The topological polar surface area (TPSA) is 24.5 Å². The molecule has 3 nitrogen and oxygen atoms in total. The zero-order chi connectivity index (χ0) is 12.8. The molecule has 2 aliphatic heterocycles. The molecule has 0 saturated carbocycles.